The fraction of sp³-hybridized carbons (Fsp3) is 0.367. The van der Waals surface area contributed by atoms with E-state index in [-0.39, 0.29) is 16.2 Å². The molecule has 0 aromatic heterocycles. The molecule has 3 aromatic carbocycles. The Morgan fingerprint density at radius 3 is 1.82 bits per heavy atom. The number of halogens is 1. The maximum atomic E-state index is 9.25. The number of hydrogen-bond donors (Lipinski definition) is 0. The van der Waals surface area contributed by atoms with Crippen molar-refractivity contribution in [3.8, 4) is 28.7 Å². The summed E-state index contributed by atoms with van der Waals surface area (Å²) in [5.41, 5.74) is 7.50. The van der Waals surface area contributed by atoms with Crippen molar-refractivity contribution in [2.75, 3.05) is 0 Å². The highest BCUT2D eigenvalue weighted by molar-refractivity contribution is 9.10. The van der Waals surface area contributed by atoms with Crippen molar-refractivity contribution in [2.45, 2.75) is 71.6 Å². The SMILES string of the molecule is CC(C)(C)c1cc(Br)c2c(c1)C(C)(C)c1cc(C(C)(C)C)cc(-c3ccc(C#N)cc3)c1O2. The van der Waals surface area contributed by atoms with E-state index in [0.29, 0.717) is 5.56 Å². The van der Waals surface area contributed by atoms with Gasteiger partial charge in [0.1, 0.15) is 11.5 Å². The Bertz CT molecular complexity index is 1280. The van der Waals surface area contributed by atoms with Gasteiger partial charge >= 0.3 is 0 Å². The van der Waals surface area contributed by atoms with E-state index in [0.717, 1.165) is 27.1 Å². The molecule has 0 saturated carbocycles. The van der Waals surface area contributed by atoms with Crippen LogP contribution in [0.15, 0.2) is 53.0 Å². The van der Waals surface area contributed by atoms with Gasteiger partial charge in [0.05, 0.1) is 16.1 Å². The van der Waals surface area contributed by atoms with Gasteiger partial charge < -0.3 is 4.74 Å². The largest absolute Gasteiger partial charge is 0.455 e. The summed E-state index contributed by atoms with van der Waals surface area (Å²) in [6.45, 7) is 18.1. The van der Waals surface area contributed by atoms with Gasteiger partial charge in [0.25, 0.3) is 0 Å². The molecule has 1 aliphatic heterocycles. The molecule has 3 heteroatoms. The van der Waals surface area contributed by atoms with E-state index in [9.17, 15) is 5.26 Å². The van der Waals surface area contributed by atoms with Crippen LogP contribution in [0.5, 0.6) is 11.5 Å². The highest BCUT2D eigenvalue weighted by Gasteiger charge is 2.39. The molecule has 0 amide bonds. The molecule has 0 bridgehead atoms. The second kappa shape index (κ2) is 7.74. The minimum Gasteiger partial charge on any atom is -0.455 e. The molecule has 33 heavy (non-hydrogen) atoms. The van der Waals surface area contributed by atoms with E-state index < -0.39 is 0 Å². The fourth-order valence-corrected chi connectivity index (χ4v) is 4.96. The normalized spacial score (nSPS) is 14.7. The van der Waals surface area contributed by atoms with Crippen LogP contribution in [0.1, 0.15) is 83.2 Å². The van der Waals surface area contributed by atoms with Gasteiger partial charge in [-0.25, -0.2) is 0 Å². The molecule has 0 aliphatic carbocycles. The number of rotatable bonds is 1. The van der Waals surface area contributed by atoms with E-state index in [1.807, 2.05) is 24.3 Å². The van der Waals surface area contributed by atoms with Crippen LogP contribution < -0.4 is 4.74 Å². The standard InChI is InChI=1S/C30H32BrNO/c1-28(2,3)20-13-22(19-11-9-18(17-32)10-12-19)26-23(14-20)30(7,8)24-15-21(29(4,5)6)16-25(31)27(24)33-26/h9-16H,1-8H3. The number of hydrogen-bond acceptors (Lipinski definition) is 2. The Labute approximate surface area is 206 Å². The van der Waals surface area contributed by atoms with Crippen LogP contribution in [-0.4, -0.2) is 0 Å². The Kier molecular flexibility index (Phi) is 5.53. The van der Waals surface area contributed by atoms with Crippen molar-refractivity contribution in [3.63, 3.8) is 0 Å². The summed E-state index contributed by atoms with van der Waals surface area (Å²) in [7, 11) is 0. The lowest BCUT2D eigenvalue weighted by Crippen LogP contribution is -2.27. The van der Waals surface area contributed by atoms with Crippen LogP contribution in [0.3, 0.4) is 0 Å². The van der Waals surface area contributed by atoms with Gasteiger partial charge in [-0.15, -0.1) is 0 Å². The van der Waals surface area contributed by atoms with E-state index >= 15 is 0 Å². The highest BCUT2D eigenvalue weighted by atomic mass is 79.9. The van der Waals surface area contributed by atoms with Gasteiger partial charge in [-0.1, -0.05) is 79.7 Å². The first-order valence-corrected chi connectivity index (χ1v) is 12.2. The van der Waals surface area contributed by atoms with Crippen LogP contribution in [0.4, 0.5) is 0 Å². The molecule has 0 spiro atoms. The second-order valence-corrected chi connectivity index (χ2v) is 12.5. The lowest BCUT2D eigenvalue weighted by Gasteiger charge is -2.38. The van der Waals surface area contributed by atoms with Crippen LogP contribution in [0, 0.1) is 11.3 Å². The number of nitrogens with zero attached hydrogens (tertiary/aromatic N) is 1. The minimum absolute atomic E-state index is 0.0133. The third kappa shape index (κ3) is 4.11. The average molecular weight is 502 g/mol. The highest BCUT2D eigenvalue weighted by Crippen LogP contribution is 2.55. The number of ether oxygens (including phenoxy) is 1. The number of benzene rings is 3. The van der Waals surface area contributed by atoms with E-state index in [1.165, 1.54) is 22.3 Å². The molecule has 0 radical (unpaired) electrons. The van der Waals surface area contributed by atoms with Crippen molar-refractivity contribution in [3.05, 3.63) is 80.8 Å². The van der Waals surface area contributed by atoms with Crippen molar-refractivity contribution < 1.29 is 4.74 Å². The molecule has 1 aliphatic rings. The Balaban J connectivity index is 2.02. The van der Waals surface area contributed by atoms with Gasteiger partial charge in [0.15, 0.2) is 0 Å². The predicted octanol–water partition coefficient (Wildman–Crippen LogP) is 9.01. The zero-order chi connectivity index (χ0) is 24.3. The van der Waals surface area contributed by atoms with Crippen LogP contribution in [0.25, 0.3) is 11.1 Å². The van der Waals surface area contributed by atoms with E-state index in [1.54, 1.807) is 0 Å². The monoisotopic (exact) mass is 501 g/mol. The van der Waals surface area contributed by atoms with Crippen LogP contribution in [-0.2, 0) is 16.2 Å². The van der Waals surface area contributed by atoms with Gasteiger partial charge in [-0.3, -0.25) is 0 Å². The lowest BCUT2D eigenvalue weighted by molar-refractivity contribution is 0.414. The molecule has 0 fully saturated rings. The lowest BCUT2D eigenvalue weighted by atomic mass is 9.71. The van der Waals surface area contributed by atoms with Crippen molar-refractivity contribution in [2.24, 2.45) is 0 Å². The quantitative estimate of drug-likeness (QED) is 0.333. The van der Waals surface area contributed by atoms with Gasteiger partial charge in [-0.05, 0) is 67.7 Å². The van der Waals surface area contributed by atoms with Crippen molar-refractivity contribution >= 4 is 15.9 Å². The first kappa shape index (κ1) is 23.6. The van der Waals surface area contributed by atoms with Crippen LogP contribution in [0.2, 0.25) is 0 Å². The third-order valence-corrected chi connectivity index (χ3v) is 7.33. The van der Waals surface area contributed by atoms with Gasteiger partial charge in [-0.2, -0.15) is 5.26 Å². The summed E-state index contributed by atoms with van der Waals surface area (Å²) in [6.07, 6.45) is 0. The number of nitriles is 1. The summed E-state index contributed by atoms with van der Waals surface area (Å²) in [5, 5.41) is 9.25. The minimum atomic E-state index is -0.241. The summed E-state index contributed by atoms with van der Waals surface area (Å²) in [6, 6.07) is 19.1. The van der Waals surface area contributed by atoms with Crippen molar-refractivity contribution in [1.29, 1.82) is 5.26 Å². The molecule has 1 heterocycles. The molecular formula is C30H32BrNO. The first-order chi connectivity index (χ1) is 15.2. The molecule has 0 unspecified atom stereocenters. The number of fused-ring (bicyclic) bond motifs is 2. The fourth-order valence-electron chi connectivity index (χ4n) is 4.42. The Hall–Kier alpha value is -2.57. The maximum Gasteiger partial charge on any atom is 0.145 e. The molecule has 2 nitrogen and oxygen atoms in total. The second-order valence-electron chi connectivity index (χ2n) is 11.7. The molecule has 3 aromatic rings. The first-order valence-electron chi connectivity index (χ1n) is 11.5. The molecule has 4 rings (SSSR count). The summed E-state index contributed by atoms with van der Waals surface area (Å²) >= 11 is 3.81. The molecule has 0 atom stereocenters. The molecular weight excluding hydrogens is 470 g/mol. The maximum absolute atomic E-state index is 9.25. The molecule has 0 saturated heterocycles. The van der Waals surface area contributed by atoms with Gasteiger partial charge in [0, 0.05) is 22.1 Å². The average Bonchev–Trinajstić information content (AvgIpc) is 2.72. The smallest absolute Gasteiger partial charge is 0.145 e. The third-order valence-electron chi connectivity index (χ3n) is 6.74. The predicted molar refractivity (Wildman–Crippen MR) is 140 cm³/mol. The zero-order valence-electron chi connectivity index (χ0n) is 20.9. The van der Waals surface area contributed by atoms with Crippen LogP contribution >= 0.6 is 15.9 Å². The van der Waals surface area contributed by atoms with Gasteiger partial charge in [0.2, 0.25) is 0 Å². The van der Waals surface area contributed by atoms with E-state index in [2.05, 4.69) is 102 Å². The summed E-state index contributed by atoms with van der Waals surface area (Å²) < 4.78 is 7.69. The Morgan fingerprint density at radius 1 is 0.788 bits per heavy atom. The molecule has 170 valence electrons. The molecule has 0 N–H and O–H groups in total. The zero-order valence-corrected chi connectivity index (χ0v) is 22.4. The van der Waals surface area contributed by atoms with Crippen molar-refractivity contribution in [1.82, 2.24) is 0 Å². The Morgan fingerprint density at radius 2 is 1.30 bits per heavy atom. The van der Waals surface area contributed by atoms with E-state index in [4.69, 9.17) is 4.74 Å². The summed E-state index contributed by atoms with van der Waals surface area (Å²) in [5.74, 6) is 1.79. The topological polar surface area (TPSA) is 33.0 Å². The summed E-state index contributed by atoms with van der Waals surface area (Å²) in [4.78, 5) is 0.